The van der Waals surface area contributed by atoms with Crippen LogP contribution in [0, 0.1) is 0 Å². The Kier molecular flexibility index (Phi) is 2.90. The largest absolute Gasteiger partial charge is 0.327 e. The average Bonchev–Trinajstić information content (AvgIpc) is 2.76. The highest BCUT2D eigenvalue weighted by Gasteiger charge is 2.39. The minimum absolute atomic E-state index is 0.0710. The van der Waals surface area contributed by atoms with Crippen LogP contribution in [0.1, 0.15) is 38.4 Å². The van der Waals surface area contributed by atoms with Crippen molar-refractivity contribution in [2.45, 2.75) is 44.1 Å². The van der Waals surface area contributed by atoms with E-state index in [1.807, 2.05) is 18.3 Å². The highest BCUT2D eigenvalue weighted by molar-refractivity contribution is 9.10. The van der Waals surface area contributed by atoms with Gasteiger partial charge >= 0.3 is 0 Å². The van der Waals surface area contributed by atoms with Gasteiger partial charge in [0.05, 0.1) is 0 Å². The van der Waals surface area contributed by atoms with E-state index in [0.717, 1.165) is 28.8 Å². The van der Waals surface area contributed by atoms with Crippen LogP contribution in [0.4, 0.5) is 0 Å². The molecule has 2 aromatic heterocycles. The molecule has 1 saturated carbocycles. The maximum absolute atomic E-state index is 6.34. The molecule has 2 heterocycles. The van der Waals surface area contributed by atoms with Crippen molar-refractivity contribution in [1.29, 1.82) is 0 Å². The van der Waals surface area contributed by atoms with Crippen LogP contribution in [0.3, 0.4) is 0 Å². The van der Waals surface area contributed by atoms with Gasteiger partial charge in [-0.3, -0.25) is 4.40 Å². The smallest absolute Gasteiger partial charge is 0.160 e. The maximum Gasteiger partial charge on any atom is 0.160 e. The molecule has 4 nitrogen and oxygen atoms in total. The Morgan fingerprint density at radius 2 is 2.22 bits per heavy atom. The molecule has 18 heavy (non-hydrogen) atoms. The second-order valence-electron chi connectivity index (χ2n) is 5.37. The zero-order chi connectivity index (χ0) is 12.8. The lowest BCUT2D eigenvalue weighted by Gasteiger charge is -2.37. The molecule has 3 rings (SSSR count). The minimum atomic E-state index is -0.0710. The second kappa shape index (κ2) is 4.31. The topological polar surface area (TPSA) is 56.2 Å². The molecular weight excluding hydrogens is 292 g/mol. The quantitative estimate of drug-likeness (QED) is 0.881. The number of rotatable bonds is 1. The first-order chi connectivity index (χ1) is 8.61. The summed E-state index contributed by atoms with van der Waals surface area (Å²) >= 11 is 3.50. The molecule has 0 aliphatic heterocycles. The van der Waals surface area contributed by atoms with Gasteiger partial charge in [-0.15, -0.1) is 10.2 Å². The molecule has 1 fully saturated rings. The van der Waals surface area contributed by atoms with E-state index < -0.39 is 0 Å². The van der Waals surface area contributed by atoms with Gasteiger partial charge in [-0.2, -0.15) is 0 Å². The molecule has 2 N–H and O–H groups in total. The van der Waals surface area contributed by atoms with Crippen molar-refractivity contribution in [2.24, 2.45) is 5.73 Å². The van der Waals surface area contributed by atoms with Crippen molar-refractivity contribution in [3.05, 3.63) is 28.6 Å². The summed E-state index contributed by atoms with van der Waals surface area (Å²) in [6, 6.07) is 4.12. The highest BCUT2D eigenvalue weighted by atomic mass is 79.9. The number of halogens is 1. The van der Waals surface area contributed by atoms with Crippen molar-refractivity contribution in [1.82, 2.24) is 14.6 Å². The second-order valence-corrected chi connectivity index (χ2v) is 6.28. The lowest BCUT2D eigenvalue weighted by molar-refractivity contribution is 0.257. The van der Waals surface area contributed by atoms with Gasteiger partial charge in [0.2, 0.25) is 0 Å². The lowest BCUT2D eigenvalue weighted by Crippen LogP contribution is -2.46. The van der Waals surface area contributed by atoms with Gasteiger partial charge < -0.3 is 5.73 Å². The van der Waals surface area contributed by atoms with Crippen molar-refractivity contribution in [3.8, 4) is 0 Å². The van der Waals surface area contributed by atoms with Crippen LogP contribution in [0.2, 0.25) is 0 Å². The fourth-order valence-corrected chi connectivity index (χ4v) is 3.23. The molecule has 0 spiro atoms. The molecule has 5 heteroatoms. The van der Waals surface area contributed by atoms with E-state index in [-0.39, 0.29) is 11.5 Å². The number of fused-ring (bicyclic) bond motifs is 1. The van der Waals surface area contributed by atoms with Gasteiger partial charge in [0, 0.05) is 22.1 Å². The minimum Gasteiger partial charge on any atom is -0.327 e. The SMILES string of the molecule is CC1(c2nnc3ccc(Br)cn23)CCCCC1N. The fraction of sp³-hybridized carbons (Fsp3) is 0.538. The van der Waals surface area contributed by atoms with Gasteiger partial charge in [-0.25, -0.2) is 0 Å². The Balaban J connectivity index is 2.15. The van der Waals surface area contributed by atoms with Gasteiger partial charge in [-0.05, 0) is 40.9 Å². The summed E-state index contributed by atoms with van der Waals surface area (Å²) in [5.41, 5.74) is 7.15. The molecule has 1 aliphatic rings. The van der Waals surface area contributed by atoms with Crippen LogP contribution >= 0.6 is 15.9 Å². The normalized spacial score (nSPS) is 28.7. The van der Waals surface area contributed by atoms with E-state index >= 15 is 0 Å². The van der Waals surface area contributed by atoms with E-state index in [4.69, 9.17) is 5.73 Å². The third-order valence-corrected chi connectivity index (χ3v) is 4.63. The van der Waals surface area contributed by atoms with E-state index in [0.29, 0.717) is 0 Å². The summed E-state index contributed by atoms with van der Waals surface area (Å²) < 4.78 is 3.10. The van der Waals surface area contributed by atoms with E-state index in [2.05, 4.69) is 37.5 Å². The number of pyridine rings is 1. The van der Waals surface area contributed by atoms with Gasteiger partial charge in [0.1, 0.15) is 5.82 Å². The zero-order valence-corrected chi connectivity index (χ0v) is 12.0. The Bertz CT molecular complexity index is 579. The highest BCUT2D eigenvalue weighted by Crippen LogP contribution is 2.37. The summed E-state index contributed by atoms with van der Waals surface area (Å²) in [4.78, 5) is 0. The van der Waals surface area contributed by atoms with Crippen molar-refractivity contribution in [3.63, 3.8) is 0 Å². The molecule has 2 atom stereocenters. The predicted octanol–water partition coefficient (Wildman–Crippen LogP) is 2.65. The van der Waals surface area contributed by atoms with Crippen LogP contribution in [0.25, 0.3) is 5.65 Å². The number of hydrogen-bond donors (Lipinski definition) is 1. The van der Waals surface area contributed by atoms with Crippen LogP contribution in [-0.2, 0) is 5.41 Å². The number of hydrogen-bond acceptors (Lipinski definition) is 3. The van der Waals surface area contributed by atoms with E-state index in [1.165, 1.54) is 12.8 Å². The molecule has 2 unspecified atom stereocenters. The zero-order valence-electron chi connectivity index (χ0n) is 10.4. The first-order valence-electron chi connectivity index (χ1n) is 6.37. The van der Waals surface area contributed by atoms with Crippen molar-refractivity contribution >= 4 is 21.6 Å². The molecule has 1 aliphatic carbocycles. The Morgan fingerprint density at radius 1 is 1.39 bits per heavy atom. The first-order valence-corrected chi connectivity index (χ1v) is 7.17. The lowest BCUT2D eigenvalue weighted by atomic mass is 9.71. The van der Waals surface area contributed by atoms with Crippen LogP contribution < -0.4 is 5.73 Å². The average molecular weight is 309 g/mol. The van der Waals surface area contributed by atoms with Crippen LogP contribution in [-0.4, -0.2) is 20.6 Å². The molecule has 0 saturated heterocycles. The first kappa shape index (κ1) is 12.1. The van der Waals surface area contributed by atoms with E-state index in [1.54, 1.807) is 0 Å². The Morgan fingerprint density at radius 3 is 3.00 bits per heavy atom. The number of aromatic nitrogens is 3. The Labute approximate surface area is 115 Å². The van der Waals surface area contributed by atoms with Crippen LogP contribution in [0.5, 0.6) is 0 Å². The predicted molar refractivity (Wildman–Crippen MR) is 74.5 cm³/mol. The maximum atomic E-state index is 6.34. The monoisotopic (exact) mass is 308 g/mol. The summed E-state index contributed by atoms with van der Waals surface area (Å²) in [5, 5.41) is 8.65. The van der Waals surface area contributed by atoms with Crippen LogP contribution in [0.15, 0.2) is 22.8 Å². The summed E-state index contributed by atoms with van der Waals surface area (Å²) in [6.07, 6.45) is 6.61. The summed E-state index contributed by atoms with van der Waals surface area (Å²) in [7, 11) is 0. The molecule has 0 aromatic carbocycles. The molecular formula is C13H17BrN4. The number of nitrogens with two attached hydrogens (primary N) is 1. The molecule has 2 aromatic rings. The standard InChI is InChI=1S/C13H17BrN4/c1-13(7-3-2-4-10(13)15)12-17-16-11-6-5-9(14)8-18(11)12/h5-6,8,10H,2-4,7,15H2,1H3. The molecule has 0 radical (unpaired) electrons. The summed E-state index contributed by atoms with van der Waals surface area (Å²) in [6.45, 7) is 2.22. The van der Waals surface area contributed by atoms with E-state index in [9.17, 15) is 0 Å². The number of nitrogens with zero attached hydrogens (tertiary/aromatic N) is 3. The van der Waals surface area contributed by atoms with Crippen molar-refractivity contribution < 1.29 is 0 Å². The van der Waals surface area contributed by atoms with Gasteiger partial charge in [-0.1, -0.05) is 19.8 Å². The summed E-state index contributed by atoms with van der Waals surface area (Å²) in [5.74, 6) is 0.992. The fourth-order valence-electron chi connectivity index (χ4n) is 2.89. The molecule has 0 bridgehead atoms. The molecule has 0 amide bonds. The third kappa shape index (κ3) is 1.77. The van der Waals surface area contributed by atoms with Crippen molar-refractivity contribution in [2.75, 3.05) is 0 Å². The third-order valence-electron chi connectivity index (χ3n) is 4.16. The molecule has 96 valence electrons. The van der Waals surface area contributed by atoms with Gasteiger partial charge in [0.15, 0.2) is 5.65 Å². The Hall–Kier alpha value is -0.940. The van der Waals surface area contributed by atoms with Gasteiger partial charge in [0.25, 0.3) is 0 Å².